The largest absolute Gasteiger partial charge is 0.396 e. The topological polar surface area (TPSA) is 43.1 Å². The van der Waals surface area contributed by atoms with Gasteiger partial charge in [-0.1, -0.05) is 19.8 Å². The summed E-state index contributed by atoms with van der Waals surface area (Å²) in [5, 5.41) is 0. The minimum Gasteiger partial charge on any atom is -0.396 e. The lowest BCUT2D eigenvalue weighted by molar-refractivity contribution is 0.0929. The molecule has 0 aliphatic heterocycles. The molecule has 1 aromatic rings. The van der Waals surface area contributed by atoms with Gasteiger partial charge >= 0.3 is 0 Å². The third kappa shape index (κ3) is 1.82. The first-order valence-corrected chi connectivity index (χ1v) is 5.75. The van der Waals surface area contributed by atoms with E-state index < -0.39 is 5.82 Å². The number of hydrogen-bond acceptors (Lipinski definition) is 2. The second-order valence-electron chi connectivity index (χ2n) is 4.44. The van der Waals surface area contributed by atoms with Crippen LogP contribution in [0.2, 0.25) is 0 Å². The number of fused-ring (bicyclic) bond motifs is 1. The van der Waals surface area contributed by atoms with Crippen LogP contribution in [-0.4, -0.2) is 5.78 Å². The number of benzene rings is 1. The summed E-state index contributed by atoms with van der Waals surface area (Å²) in [5.74, 6) is -0.359. The third-order valence-corrected chi connectivity index (χ3v) is 3.23. The fraction of sp³-hybridized carbons (Fsp3) is 0.462. The van der Waals surface area contributed by atoms with Crippen LogP contribution < -0.4 is 5.73 Å². The molecule has 1 atom stereocenters. The van der Waals surface area contributed by atoms with Gasteiger partial charge in [0, 0.05) is 11.5 Å². The van der Waals surface area contributed by atoms with Gasteiger partial charge in [-0.3, -0.25) is 4.79 Å². The van der Waals surface area contributed by atoms with Crippen molar-refractivity contribution in [1.29, 1.82) is 0 Å². The Bertz CT molecular complexity index is 428. The number of Topliss-reactive ketones (excluding diaryl/α,β-unsaturated/α-hetero) is 1. The van der Waals surface area contributed by atoms with Gasteiger partial charge in [0.05, 0.1) is 5.69 Å². The van der Waals surface area contributed by atoms with Crippen molar-refractivity contribution in [2.75, 3.05) is 5.73 Å². The average Bonchev–Trinajstić information content (AvgIpc) is 2.54. The second kappa shape index (κ2) is 4.24. The van der Waals surface area contributed by atoms with Crippen molar-refractivity contribution >= 4 is 11.5 Å². The van der Waals surface area contributed by atoms with Crippen LogP contribution in [0.3, 0.4) is 0 Å². The van der Waals surface area contributed by atoms with Gasteiger partial charge in [0.1, 0.15) is 5.82 Å². The molecule has 0 fully saturated rings. The van der Waals surface area contributed by atoms with E-state index in [0.29, 0.717) is 5.56 Å². The van der Waals surface area contributed by atoms with E-state index >= 15 is 0 Å². The van der Waals surface area contributed by atoms with Crippen molar-refractivity contribution in [3.05, 3.63) is 29.1 Å². The fourth-order valence-electron chi connectivity index (χ4n) is 2.30. The van der Waals surface area contributed by atoms with Gasteiger partial charge in [0.2, 0.25) is 0 Å². The highest BCUT2D eigenvalue weighted by Gasteiger charge is 2.30. The predicted octanol–water partition coefficient (Wildman–Crippen LogP) is 2.95. The molecule has 0 aromatic heterocycles. The van der Waals surface area contributed by atoms with Crippen LogP contribution in [0.1, 0.15) is 42.1 Å². The van der Waals surface area contributed by atoms with E-state index in [1.807, 2.05) is 0 Å². The predicted molar refractivity (Wildman–Crippen MR) is 61.9 cm³/mol. The molecular formula is C13H16FNO. The zero-order valence-corrected chi connectivity index (χ0v) is 9.42. The molecule has 0 saturated heterocycles. The molecule has 2 nitrogen and oxygen atoms in total. The maximum absolute atomic E-state index is 13.2. The normalized spacial score (nSPS) is 18.9. The van der Waals surface area contributed by atoms with Gasteiger partial charge in [-0.05, 0) is 30.5 Å². The smallest absolute Gasteiger partial charge is 0.166 e. The molecule has 0 bridgehead atoms. The standard InChI is InChI=1S/C13H16FNO/c1-2-3-4-8-5-9-6-12(15)11(14)7-10(9)13(8)16/h6-8H,2-5,15H2,1H3. The van der Waals surface area contributed by atoms with Crippen LogP contribution in [0.15, 0.2) is 12.1 Å². The molecule has 0 spiro atoms. The van der Waals surface area contributed by atoms with Crippen LogP contribution in [0.5, 0.6) is 0 Å². The minimum atomic E-state index is -0.483. The summed E-state index contributed by atoms with van der Waals surface area (Å²) in [6.45, 7) is 2.10. The van der Waals surface area contributed by atoms with E-state index in [1.54, 1.807) is 6.07 Å². The maximum atomic E-state index is 13.2. The molecule has 1 aromatic carbocycles. The zero-order chi connectivity index (χ0) is 11.7. The van der Waals surface area contributed by atoms with E-state index in [-0.39, 0.29) is 17.4 Å². The number of anilines is 1. The van der Waals surface area contributed by atoms with E-state index in [0.717, 1.165) is 31.2 Å². The van der Waals surface area contributed by atoms with Gasteiger partial charge in [-0.15, -0.1) is 0 Å². The van der Waals surface area contributed by atoms with E-state index in [1.165, 1.54) is 6.07 Å². The summed E-state index contributed by atoms with van der Waals surface area (Å²) >= 11 is 0. The molecule has 2 N–H and O–H groups in total. The Labute approximate surface area is 94.6 Å². The number of carbonyl (C=O) groups is 1. The fourth-order valence-corrected chi connectivity index (χ4v) is 2.30. The second-order valence-corrected chi connectivity index (χ2v) is 4.44. The first-order valence-electron chi connectivity index (χ1n) is 5.75. The average molecular weight is 221 g/mol. The quantitative estimate of drug-likeness (QED) is 0.797. The molecule has 0 heterocycles. The Morgan fingerprint density at radius 3 is 2.94 bits per heavy atom. The Morgan fingerprint density at radius 1 is 1.50 bits per heavy atom. The van der Waals surface area contributed by atoms with Crippen LogP contribution in [0, 0.1) is 11.7 Å². The molecule has 1 aliphatic rings. The summed E-state index contributed by atoms with van der Waals surface area (Å²) in [4.78, 5) is 12.0. The van der Waals surface area contributed by atoms with E-state index in [2.05, 4.69) is 6.92 Å². The summed E-state index contributed by atoms with van der Waals surface area (Å²) in [6, 6.07) is 2.90. The highest BCUT2D eigenvalue weighted by molar-refractivity contribution is 6.02. The molecule has 0 radical (unpaired) electrons. The van der Waals surface area contributed by atoms with Crippen molar-refractivity contribution in [3.8, 4) is 0 Å². The van der Waals surface area contributed by atoms with Gasteiger partial charge in [-0.2, -0.15) is 0 Å². The first kappa shape index (κ1) is 11.1. The number of nitrogen functional groups attached to an aromatic ring is 1. The summed E-state index contributed by atoms with van der Waals surface area (Å²) in [5.41, 5.74) is 7.08. The molecule has 2 rings (SSSR count). The summed E-state index contributed by atoms with van der Waals surface area (Å²) in [7, 11) is 0. The van der Waals surface area contributed by atoms with Gasteiger partial charge < -0.3 is 5.73 Å². The van der Waals surface area contributed by atoms with Gasteiger partial charge in [-0.25, -0.2) is 4.39 Å². The van der Waals surface area contributed by atoms with Gasteiger partial charge in [0.15, 0.2) is 5.78 Å². The van der Waals surface area contributed by atoms with Crippen LogP contribution in [0.25, 0.3) is 0 Å². The number of ketones is 1. The third-order valence-electron chi connectivity index (χ3n) is 3.23. The Kier molecular flexibility index (Phi) is 2.95. The van der Waals surface area contributed by atoms with Gasteiger partial charge in [0.25, 0.3) is 0 Å². The number of hydrogen-bond donors (Lipinski definition) is 1. The lowest BCUT2D eigenvalue weighted by atomic mass is 9.98. The number of halogens is 1. The van der Waals surface area contributed by atoms with Crippen LogP contribution in [0.4, 0.5) is 10.1 Å². The van der Waals surface area contributed by atoms with E-state index in [9.17, 15) is 9.18 Å². The number of nitrogens with two attached hydrogens (primary N) is 1. The molecule has 86 valence electrons. The first-order chi connectivity index (χ1) is 7.63. The van der Waals surface area contributed by atoms with Crippen LogP contribution in [-0.2, 0) is 6.42 Å². The minimum absolute atomic E-state index is 0.0381. The Balaban J connectivity index is 2.24. The highest BCUT2D eigenvalue weighted by Crippen LogP contribution is 2.32. The van der Waals surface area contributed by atoms with E-state index in [4.69, 9.17) is 5.73 Å². The molecular weight excluding hydrogens is 205 g/mol. The monoisotopic (exact) mass is 221 g/mol. The summed E-state index contributed by atoms with van der Waals surface area (Å²) in [6.07, 6.45) is 3.74. The number of unbranched alkanes of at least 4 members (excludes halogenated alkanes) is 1. The highest BCUT2D eigenvalue weighted by atomic mass is 19.1. The zero-order valence-electron chi connectivity index (χ0n) is 9.42. The Hall–Kier alpha value is -1.38. The lowest BCUT2D eigenvalue weighted by Gasteiger charge is -2.05. The Morgan fingerprint density at radius 2 is 2.25 bits per heavy atom. The van der Waals surface area contributed by atoms with Crippen molar-refractivity contribution in [1.82, 2.24) is 0 Å². The van der Waals surface area contributed by atoms with Crippen molar-refractivity contribution in [2.45, 2.75) is 32.6 Å². The number of carbonyl (C=O) groups excluding carboxylic acids is 1. The molecule has 16 heavy (non-hydrogen) atoms. The van der Waals surface area contributed by atoms with Crippen molar-refractivity contribution < 1.29 is 9.18 Å². The molecule has 0 amide bonds. The maximum Gasteiger partial charge on any atom is 0.166 e. The molecule has 1 aliphatic carbocycles. The summed E-state index contributed by atoms with van der Waals surface area (Å²) < 4.78 is 13.2. The van der Waals surface area contributed by atoms with Crippen molar-refractivity contribution in [3.63, 3.8) is 0 Å². The molecule has 0 saturated carbocycles. The van der Waals surface area contributed by atoms with Crippen molar-refractivity contribution in [2.24, 2.45) is 5.92 Å². The number of rotatable bonds is 3. The lowest BCUT2D eigenvalue weighted by Crippen LogP contribution is -2.08. The van der Waals surface area contributed by atoms with Crippen LogP contribution >= 0.6 is 0 Å². The molecule has 1 unspecified atom stereocenters. The SMILES string of the molecule is CCCCC1Cc2cc(N)c(F)cc2C1=O. The molecule has 3 heteroatoms.